The van der Waals surface area contributed by atoms with Crippen LogP contribution in [0.2, 0.25) is 0 Å². The van der Waals surface area contributed by atoms with Gasteiger partial charge in [0.05, 0.1) is 24.1 Å². The van der Waals surface area contributed by atoms with E-state index in [1.54, 1.807) is 25.5 Å². The molecule has 1 saturated heterocycles. The van der Waals surface area contributed by atoms with Gasteiger partial charge >= 0.3 is 0 Å². The van der Waals surface area contributed by atoms with E-state index in [1.165, 1.54) is 0 Å². The van der Waals surface area contributed by atoms with Gasteiger partial charge in [0.15, 0.2) is 5.69 Å². The zero-order valence-electron chi connectivity index (χ0n) is 13.0. The summed E-state index contributed by atoms with van der Waals surface area (Å²) in [5, 5.41) is 6.95. The molecular formula is C16H19N5O2. The number of carbonyl (C=O) groups excluding carboxylic acids is 1. The van der Waals surface area contributed by atoms with Gasteiger partial charge in [0.2, 0.25) is 0 Å². The van der Waals surface area contributed by atoms with Gasteiger partial charge in [-0.25, -0.2) is 4.98 Å². The van der Waals surface area contributed by atoms with Gasteiger partial charge in [0.1, 0.15) is 11.6 Å². The van der Waals surface area contributed by atoms with Gasteiger partial charge in [-0.05, 0) is 25.7 Å². The summed E-state index contributed by atoms with van der Waals surface area (Å²) >= 11 is 0. The van der Waals surface area contributed by atoms with Crippen molar-refractivity contribution in [2.75, 3.05) is 18.9 Å². The Bertz CT molecular complexity index is 725. The lowest BCUT2D eigenvalue weighted by molar-refractivity contribution is 0.0722. The van der Waals surface area contributed by atoms with E-state index in [0.717, 1.165) is 37.1 Å². The first-order valence-electron chi connectivity index (χ1n) is 8.03. The number of likely N-dealkylation sites (tertiary alicyclic amines) is 1. The van der Waals surface area contributed by atoms with Crippen LogP contribution in [0.1, 0.15) is 59.6 Å². The molecule has 0 spiro atoms. The number of carbonyl (C=O) groups is 1. The normalized spacial score (nSPS) is 20.7. The number of hydrogen-bond donors (Lipinski definition) is 1. The summed E-state index contributed by atoms with van der Waals surface area (Å²) in [5.41, 5.74) is 1.21. The second-order valence-corrected chi connectivity index (χ2v) is 6.12. The van der Waals surface area contributed by atoms with Gasteiger partial charge < -0.3 is 14.7 Å². The number of aromatic nitrogens is 3. The van der Waals surface area contributed by atoms with E-state index in [4.69, 9.17) is 4.52 Å². The molecule has 2 aromatic rings. The Morgan fingerprint density at radius 3 is 3.00 bits per heavy atom. The Hall–Kier alpha value is -2.44. The molecule has 1 N–H and O–H groups in total. The predicted molar refractivity (Wildman–Crippen MR) is 83.1 cm³/mol. The molecule has 7 nitrogen and oxygen atoms in total. The van der Waals surface area contributed by atoms with Crippen LogP contribution in [0.3, 0.4) is 0 Å². The average Bonchev–Trinajstić information content (AvgIpc) is 3.14. The quantitative estimate of drug-likeness (QED) is 0.933. The second-order valence-electron chi connectivity index (χ2n) is 6.12. The van der Waals surface area contributed by atoms with Crippen molar-refractivity contribution in [3.63, 3.8) is 0 Å². The fourth-order valence-electron chi connectivity index (χ4n) is 3.08. The van der Waals surface area contributed by atoms with E-state index in [-0.39, 0.29) is 11.9 Å². The van der Waals surface area contributed by atoms with Crippen LogP contribution in [-0.4, -0.2) is 39.5 Å². The first-order chi connectivity index (χ1) is 11.3. The van der Waals surface area contributed by atoms with Crippen LogP contribution in [0.4, 0.5) is 5.82 Å². The van der Waals surface area contributed by atoms with E-state index in [2.05, 4.69) is 20.4 Å². The molecule has 0 aromatic carbocycles. The summed E-state index contributed by atoms with van der Waals surface area (Å²) in [5.74, 6) is 1.91. The molecule has 0 bridgehead atoms. The largest absolute Gasteiger partial charge is 0.372 e. The highest BCUT2D eigenvalue weighted by Crippen LogP contribution is 2.40. The zero-order chi connectivity index (χ0) is 15.8. The maximum Gasteiger partial charge on any atom is 0.276 e. The molecule has 23 heavy (non-hydrogen) atoms. The number of nitrogens with zero attached hydrogens (tertiary/aromatic N) is 4. The van der Waals surface area contributed by atoms with Crippen molar-refractivity contribution in [3.05, 3.63) is 35.6 Å². The summed E-state index contributed by atoms with van der Waals surface area (Å²) in [4.78, 5) is 23.3. The average molecular weight is 313 g/mol. The van der Waals surface area contributed by atoms with Crippen molar-refractivity contribution in [2.24, 2.45) is 0 Å². The van der Waals surface area contributed by atoms with E-state index in [0.29, 0.717) is 24.0 Å². The first kappa shape index (κ1) is 14.2. The molecule has 1 atom stereocenters. The Kier molecular flexibility index (Phi) is 3.48. The van der Waals surface area contributed by atoms with Crippen molar-refractivity contribution in [2.45, 2.75) is 37.6 Å². The fourth-order valence-corrected chi connectivity index (χ4v) is 3.08. The van der Waals surface area contributed by atoms with Crippen LogP contribution < -0.4 is 5.32 Å². The third-order valence-electron chi connectivity index (χ3n) is 4.49. The van der Waals surface area contributed by atoms with Crippen LogP contribution in [0.25, 0.3) is 0 Å². The highest BCUT2D eigenvalue weighted by Gasteiger charge is 2.35. The van der Waals surface area contributed by atoms with E-state index >= 15 is 0 Å². The van der Waals surface area contributed by atoms with Crippen LogP contribution >= 0.6 is 0 Å². The molecule has 1 aliphatic heterocycles. The maximum absolute atomic E-state index is 12.8. The lowest BCUT2D eigenvalue weighted by Gasteiger charge is -2.23. The van der Waals surface area contributed by atoms with Crippen molar-refractivity contribution in [3.8, 4) is 0 Å². The molecule has 2 aromatic heterocycles. The Balaban J connectivity index is 1.57. The third kappa shape index (κ3) is 2.67. The topological polar surface area (TPSA) is 84.2 Å². The van der Waals surface area contributed by atoms with Crippen LogP contribution in [0.15, 0.2) is 23.0 Å². The van der Waals surface area contributed by atoms with Crippen molar-refractivity contribution >= 4 is 11.7 Å². The summed E-state index contributed by atoms with van der Waals surface area (Å²) in [7, 11) is 1.81. The molecule has 0 radical (unpaired) electrons. The molecule has 7 heteroatoms. The minimum Gasteiger partial charge on any atom is -0.372 e. The van der Waals surface area contributed by atoms with Gasteiger partial charge in [0, 0.05) is 25.6 Å². The summed E-state index contributed by atoms with van der Waals surface area (Å²) in [6, 6.07) is 1.75. The Morgan fingerprint density at radius 2 is 2.22 bits per heavy atom. The summed E-state index contributed by atoms with van der Waals surface area (Å²) < 4.78 is 5.31. The molecular weight excluding hydrogens is 294 g/mol. The predicted octanol–water partition coefficient (Wildman–Crippen LogP) is 2.36. The second kappa shape index (κ2) is 5.64. The van der Waals surface area contributed by atoms with Gasteiger partial charge in [0.25, 0.3) is 5.91 Å². The summed E-state index contributed by atoms with van der Waals surface area (Å²) in [6.07, 6.45) is 7.50. The Labute approximate surface area is 134 Å². The first-order valence-corrected chi connectivity index (χ1v) is 8.03. The summed E-state index contributed by atoms with van der Waals surface area (Å²) in [6.45, 7) is 0.709. The van der Waals surface area contributed by atoms with Gasteiger partial charge in [-0.2, -0.15) is 0 Å². The molecule has 1 aliphatic carbocycles. The molecule has 120 valence electrons. The third-order valence-corrected chi connectivity index (χ3v) is 4.49. The molecule has 2 aliphatic rings. The van der Waals surface area contributed by atoms with Gasteiger partial charge in [-0.3, -0.25) is 9.78 Å². The van der Waals surface area contributed by atoms with Crippen LogP contribution in [0.5, 0.6) is 0 Å². The molecule has 1 saturated carbocycles. The SMILES string of the molecule is CNc1cncc(C2CCCN2C(=O)c2cc(C3CC3)on2)n1. The smallest absolute Gasteiger partial charge is 0.276 e. The monoisotopic (exact) mass is 313 g/mol. The van der Waals surface area contributed by atoms with Crippen molar-refractivity contribution < 1.29 is 9.32 Å². The minimum absolute atomic E-state index is 0.0515. The van der Waals surface area contributed by atoms with Crippen molar-refractivity contribution in [1.29, 1.82) is 0 Å². The molecule has 3 heterocycles. The molecule has 2 fully saturated rings. The number of rotatable bonds is 4. The molecule has 4 rings (SSSR count). The molecule has 1 unspecified atom stereocenters. The van der Waals surface area contributed by atoms with Crippen LogP contribution in [0, 0.1) is 0 Å². The number of nitrogens with one attached hydrogen (secondary N) is 1. The number of anilines is 1. The fraction of sp³-hybridized carbons (Fsp3) is 0.500. The van der Waals surface area contributed by atoms with E-state index in [9.17, 15) is 4.79 Å². The zero-order valence-corrected chi connectivity index (χ0v) is 13.0. The number of hydrogen-bond acceptors (Lipinski definition) is 6. The van der Waals surface area contributed by atoms with Crippen LogP contribution in [-0.2, 0) is 0 Å². The van der Waals surface area contributed by atoms with Gasteiger partial charge in [-0.15, -0.1) is 0 Å². The Morgan fingerprint density at radius 1 is 1.35 bits per heavy atom. The standard InChI is InChI=1S/C16H19N5O2/c1-17-15-9-18-8-12(19-15)13-3-2-6-21(13)16(22)11-7-14(23-20-11)10-4-5-10/h7-10,13H,2-6H2,1H3,(H,17,19). The van der Waals surface area contributed by atoms with Gasteiger partial charge in [-0.1, -0.05) is 5.16 Å². The lowest BCUT2D eigenvalue weighted by Crippen LogP contribution is -2.31. The highest BCUT2D eigenvalue weighted by molar-refractivity contribution is 5.92. The maximum atomic E-state index is 12.8. The molecule has 1 amide bonds. The van der Waals surface area contributed by atoms with E-state index < -0.39 is 0 Å². The minimum atomic E-state index is -0.0835. The highest BCUT2D eigenvalue weighted by atomic mass is 16.5. The van der Waals surface area contributed by atoms with E-state index in [1.807, 2.05) is 4.90 Å². The van der Waals surface area contributed by atoms with Crippen molar-refractivity contribution in [1.82, 2.24) is 20.0 Å². The lowest BCUT2D eigenvalue weighted by atomic mass is 10.1. The number of amides is 1.